The second kappa shape index (κ2) is 4.18. The summed E-state index contributed by atoms with van der Waals surface area (Å²) in [5.41, 5.74) is 1.98. The molecule has 3 nitrogen and oxygen atoms in total. The Kier molecular flexibility index (Phi) is 2.88. The second-order valence-corrected chi connectivity index (χ2v) is 4.25. The lowest BCUT2D eigenvalue weighted by Crippen LogP contribution is -2.06. The first-order valence-electron chi connectivity index (χ1n) is 5.46. The molecular weight excluding hydrogens is 202 g/mol. The van der Waals surface area contributed by atoms with E-state index in [9.17, 15) is 5.11 Å². The number of phenolic OH excluding ortho intramolecular Hbond substituents is 1. The number of para-hydroxylation sites is 1. The molecule has 0 unspecified atom stereocenters. The van der Waals surface area contributed by atoms with Crippen LogP contribution in [-0.4, -0.2) is 16.8 Å². The summed E-state index contributed by atoms with van der Waals surface area (Å²) in [6.07, 6.45) is 0. The lowest BCUT2D eigenvalue weighted by molar-refractivity contribution is 0.177. The molecule has 0 aliphatic rings. The van der Waals surface area contributed by atoms with Gasteiger partial charge in [0.15, 0.2) is 0 Å². The van der Waals surface area contributed by atoms with Crippen molar-refractivity contribution in [3.05, 3.63) is 30.0 Å². The number of aromatic nitrogens is 1. The van der Waals surface area contributed by atoms with Crippen LogP contribution in [-0.2, 0) is 11.3 Å². The van der Waals surface area contributed by atoms with Crippen molar-refractivity contribution in [3.8, 4) is 5.75 Å². The Balaban J connectivity index is 2.72. The maximum absolute atomic E-state index is 9.92. The normalized spacial score (nSPS) is 11.5. The average Bonchev–Trinajstić information content (AvgIpc) is 2.58. The summed E-state index contributed by atoms with van der Waals surface area (Å²) in [6, 6.07) is 7.96. The summed E-state index contributed by atoms with van der Waals surface area (Å²) in [6.45, 7) is 4.77. The molecule has 2 aromatic rings. The Bertz CT molecular complexity index is 500. The zero-order chi connectivity index (χ0) is 11.7. The Morgan fingerprint density at radius 3 is 2.75 bits per heavy atom. The van der Waals surface area contributed by atoms with Crippen molar-refractivity contribution in [3.63, 3.8) is 0 Å². The topological polar surface area (TPSA) is 34.4 Å². The molecule has 3 heteroatoms. The number of nitrogens with zero attached hydrogens (tertiary/aromatic N) is 1. The van der Waals surface area contributed by atoms with E-state index in [0.717, 1.165) is 16.6 Å². The second-order valence-electron chi connectivity index (χ2n) is 4.25. The summed E-state index contributed by atoms with van der Waals surface area (Å²) in [7, 11) is 1.68. The van der Waals surface area contributed by atoms with Crippen molar-refractivity contribution in [2.24, 2.45) is 0 Å². The van der Waals surface area contributed by atoms with Crippen LogP contribution in [0.4, 0.5) is 0 Å². The monoisotopic (exact) mass is 219 g/mol. The highest BCUT2D eigenvalue weighted by atomic mass is 16.5. The highest BCUT2D eigenvalue weighted by Gasteiger charge is 2.13. The first-order valence-corrected chi connectivity index (χ1v) is 5.46. The molecule has 0 atom stereocenters. The third-order valence-electron chi connectivity index (χ3n) is 2.73. The molecule has 86 valence electrons. The molecule has 0 radical (unpaired) electrons. The number of aromatic hydroxyl groups is 1. The first-order chi connectivity index (χ1) is 7.65. The fraction of sp³-hybridized carbons (Fsp3) is 0.385. The van der Waals surface area contributed by atoms with Gasteiger partial charge < -0.3 is 14.4 Å². The quantitative estimate of drug-likeness (QED) is 0.860. The molecule has 1 aromatic carbocycles. The SMILES string of the molecule is COCc1cc2cccc(O)c2n1C(C)C. The van der Waals surface area contributed by atoms with Gasteiger partial charge in [-0.2, -0.15) is 0 Å². The predicted octanol–water partition coefficient (Wildman–Crippen LogP) is 3.07. The van der Waals surface area contributed by atoms with Crippen molar-refractivity contribution >= 4 is 10.9 Å². The van der Waals surface area contributed by atoms with Crippen LogP contribution in [0.1, 0.15) is 25.6 Å². The molecule has 0 saturated carbocycles. The molecule has 1 N–H and O–H groups in total. The van der Waals surface area contributed by atoms with Gasteiger partial charge in [-0.3, -0.25) is 0 Å². The standard InChI is InChI=1S/C13H17NO2/c1-9(2)14-11(8-16-3)7-10-5-4-6-12(15)13(10)14/h4-7,9,15H,8H2,1-3H3. The molecule has 0 fully saturated rings. The number of methoxy groups -OCH3 is 1. The van der Waals surface area contributed by atoms with E-state index >= 15 is 0 Å². The molecular formula is C13H17NO2. The fourth-order valence-corrected chi connectivity index (χ4v) is 2.17. The number of ether oxygens (including phenoxy) is 1. The zero-order valence-corrected chi connectivity index (χ0v) is 9.90. The molecule has 0 saturated heterocycles. The summed E-state index contributed by atoms with van der Waals surface area (Å²) >= 11 is 0. The zero-order valence-electron chi connectivity index (χ0n) is 9.90. The fourth-order valence-electron chi connectivity index (χ4n) is 2.17. The van der Waals surface area contributed by atoms with Gasteiger partial charge in [0.1, 0.15) is 5.75 Å². The van der Waals surface area contributed by atoms with Gasteiger partial charge in [0, 0.05) is 24.2 Å². The predicted molar refractivity (Wildman–Crippen MR) is 64.7 cm³/mol. The number of phenols is 1. The van der Waals surface area contributed by atoms with E-state index in [-0.39, 0.29) is 0 Å². The van der Waals surface area contributed by atoms with Crippen LogP contribution in [0.25, 0.3) is 10.9 Å². The molecule has 0 spiro atoms. The van der Waals surface area contributed by atoms with Crippen molar-refractivity contribution < 1.29 is 9.84 Å². The van der Waals surface area contributed by atoms with Crippen LogP contribution < -0.4 is 0 Å². The number of hydrogen-bond donors (Lipinski definition) is 1. The van der Waals surface area contributed by atoms with Crippen molar-refractivity contribution in [1.82, 2.24) is 4.57 Å². The average molecular weight is 219 g/mol. The third-order valence-corrected chi connectivity index (χ3v) is 2.73. The van der Waals surface area contributed by atoms with Gasteiger partial charge in [-0.25, -0.2) is 0 Å². The highest BCUT2D eigenvalue weighted by molar-refractivity contribution is 5.86. The van der Waals surface area contributed by atoms with E-state index < -0.39 is 0 Å². The molecule has 0 amide bonds. The van der Waals surface area contributed by atoms with Crippen LogP contribution in [0, 0.1) is 0 Å². The van der Waals surface area contributed by atoms with Crippen molar-refractivity contribution in [2.45, 2.75) is 26.5 Å². The van der Waals surface area contributed by atoms with E-state index in [0.29, 0.717) is 18.4 Å². The number of benzene rings is 1. The highest BCUT2D eigenvalue weighted by Crippen LogP contribution is 2.31. The maximum atomic E-state index is 9.92. The van der Waals surface area contributed by atoms with Crippen LogP contribution in [0.2, 0.25) is 0 Å². The van der Waals surface area contributed by atoms with Gasteiger partial charge in [0.05, 0.1) is 12.1 Å². The Morgan fingerprint density at radius 1 is 1.38 bits per heavy atom. The van der Waals surface area contributed by atoms with E-state index in [1.807, 2.05) is 12.1 Å². The van der Waals surface area contributed by atoms with Gasteiger partial charge in [0.25, 0.3) is 0 Å². The third kappa shape index (κ3) is 1.67. The minimum absolute atomic E-state index is 0.302. The lowest BCUT2D eigenvalue weighted by atomic mass is 10.2. The van der Waals surface area contributed by atoms with E-state index in [2.05, 4.69) is 24.5 Å². The summed E-state index contributed by atoms with van der Waals surface area (Å²) in [4.78, 5) is 0. The van der Waals surface area contributed by atoms with Gasteiger partial charge in [0.2, 0.25) is 0 Å². The Hall–Kier alpha value is -1.48. The molecule has 1 aromatic heterocycles. The number of rotatable bonds is 3. The van der Waals surface area contributed by atoms with Gasteiger partial charge in [-0.15, -0.1) is 0 Å². The Labute approximate surface area is 95.3 Å². The molecule has 0 aliphatic carbocycles. The minimum Gasteiger partial charge on any atom is -0.506 e. The van der Waals surface area contributed by atoms with Crippen LogP contribution >= 0.6 is 0 Å². The van der Waals surface area contributed by atoms with E-state index in [1.165, 1.54) is 0 Å². The maximum Gasteiger partial charge on any atom is 0.139 e. The van der Waals surface area contributed by atoms with Crippen molar-refractivity contribution in [1.29, 1.82) is 0 Å². The van der Waals surface area contributed by atoms with E-state index in [1.54, 1.807) is 13.2 Å². The number of hydrogen-bond acceptors (Lipinski definition) is 2. The number of fused-ring (bicyclic) bond motifs is 1. The molecule has 1 heterocycles. The molecule has 16 heavy (non-hydrogen) atoms. The van der Waals surface area contributed by atoms with Crippen LogP contribution in [0.15, 0.2) is 24.3 Å². The first kappa shape index (κ1) is 11.0. The van der Waals surface area contributed by atoms with Crippen LogP contribution in [0.3, 0.4) is 0 Å². The van der Waals surface area contributed by atoms with Gasteiger partial charge in [-0.05, 0) is 26.0 Å². The Morgan fingerprint density at radius 2 is 2.12 bits per heavy atom. The molecule has 2 rings (SSSR count). The summed E-state index contributed by atoms with van der Waals surface area (Å²) < 4.78 is 7.30. The minimum atomic E-state index is 0.302. The van der Waals surface area contributed by atoms with Gasteiger partial charge in [-0.1, -0.05) is 12.1 Å². The van der Waals surface area contributed by atoms with Crippen LogP contribution in [0.5, 0.6) is 5.75 Å². The summed E-state index contributed by atoms with van der Waals surface area (Å²) in [5.74, 6) is 0.327. The van der Waals surface area contributed by atoms with Crippen molar-refractivity contribution in [2.75, 3.05) is 7.11 Å². The molecule has 0 aliphatic heterocycles. The largest absolute Gasteiger partial charge is 0.506 e. The molecule has 0 bridgehead atoms. The lowest BCUT2D eigenvalue weighted by Gasteiger charge is -2.14. The summed E-state index contributed by atoms with van der Waals surface area (Å²) in [5, 5.41) is 11.0. The van der Waals surface area contributed by atoms with Gasteiger partial charge >= 0.3 is 0 Å². The smallest absolute Gasteiger partial charge is 0.139 e. The van der Waals surface area contributed by atoms with E-state index in [4.69, 9.17) is 4.74 Å².